The maximum Gasteiger partial charge on any atom is 0.326 e. The SMILES string of the molecule is C#CC(=Nc1c(/C=C2\NC(=O)NC2=O)cnn1CNC1CC1)c1cccc(S(C)(=O)=O)c1. The second-order valence-corrected chi connectivity index (χ2v) is 9.45. The van der Waals surface area contributed by atoms with E-state index in [1.807, 2.05) is 0 Å². The van der Waals surface area contributed by atoms with Gasteiger partial charge in [0.25, 0.3) is 5.91 Å². The Balaban J connectivity index is 1.77. The number of nitrogens with zero attached hydrogens (tertiary/aromatic N) is 3. The van der Waals surface area contributed by atoms with Gasteiger partial charge >= 0.3 is 6.03 Å². The molecule has 3 amide bonds. The molecule has 1 saturated heterocycles. The molecule has 0 unspecified atom stereocenters. The molecule has 0 spiro atoms. The van der Waals surface area contributed by atoms with Gasteiger partial charge in [-0.25, -0.2) is 22.9 Å². The van der Waals surface area contributed by atoms with Crippen LogP contribution in [0.15, 0.2) is 46.0 Å². The number of nitrogens with one attached hydrogen (secondary N) is 3. The van der Waals surface area contributed by atoms with Gasteiger partial charge in [0, 0.05) is 23.4 Å². The molecule has 2 aliphatic rings. The summed E-state index contributed by atoms with van der Waals surface area (Å²) in [5.74, 6) is 2.30. The quantitative estimate of drug-likeness (QED) is 0.248. The number of benzene rings is 1. The van der Waals surface area contributed by atoms with E-state index in [9.17, 15) is 18.0 Å². The van der Waals surface area contributed by atoms with Gasteiger partial charge in [-0.1, -0.05) is 12.1 Å². The summed E-state index contributed by atoms with van der Waals surface area (Å²) in [4.78, 5) is 28.1. The number of sulfone groups is 1. The van der Waals surface area contributed by atoms with Crippen LogP contribution in [-0.4, -0.2) is 48.1 Å². The lowest BCUT2D eigenvalue weighted by atomic mass is 10.1. The van der Waals surface area contributed by atoms with Crippen LogP contribution in [0.25, 0.3) is 6.08 Å². The van der Waals surface area contributed by atoms with Crippen LogP contribution in [0.4, 0.5) is 10.6 Å². The van der Waals surface area contributed by atoms with Crippen molar-refractivity contribution < 1.29 is 18.0 Å². The van der Waals surface area contributed by atoms with E-state index in [4.69, 9.17) is 6.42 Å². The zero-order chi connectivity index (χ0) is 22.9. The number of carbonyl (C=O) groups is 2. The van der Waals surface area contributed by atoms with Crippen LogP contribution in [0.5, 0.6) is 0 Å². The topological polar surface area (TPSA) is 135 Å². The number of carbonyl (C=O) groups excluding carboxylic acids is 2. The van der Waals surface area contributed by atoms with Gasteiger partial charge in [0.1, 0.15) is 11.4 Å². The molecule has 0 atom stereocenters. The van der Waals surface area contributed by atoms with Crippen molar-refractivity contribution in [1.82, 2.24) is 25.7 Å². The van der Waals surface area contributed by atoms with Crippen molar-refractivity contribution in [1.29, 1.82) is 0 Å². The molecule has 0 radical (unpaired) electrons. The van der Waals surface area contributed by atoms with Crippen molar-refractivity contribution >= 4 is 39.4 Å². The molecule has 1 aromatic heterocycles. The minimum atomic E-state index is -3.43. The first-order chi connectivity index (χ1) is 15.2. The molecule has 2 fully saturated rings. The number of hydrogen-bond donors (Lipinski definition) is 3. The Morgan fingerprint density at radius 1 is 1.38 bits per heavy atom. The minimum Gasteiger partial charge on any atom is -0.303 e. The van der Waals surface area contributed by atoms with Crippen molar-refractivity contribution in [3.63, 3.8) is 0 Å². The van der Waals surface area contributed by atoms with E-state index in [0.717, 1.165) is 19.1 Å². The van der Waals surface area contributed by atoms with Gasteiger partial charge in [-0.2, -0.15) is 5.10 Å². The summed E-state index contributed by atoms with van der Waals surface area (Å²) in [5, 5.41) is 12.2. The Morgan fingerprint density at radius 2 is 2.16 bits per heavy atom. The highest BCUT2D eigenvalue weighted by molar-refractivity contribution is 7.90. The van der Waals surface area contributed by atoms with E-state index >= 15 is 0 Å². The molecule has 3 N–H and O–H groups in total. The van der Waals surface area contributed by atoms with E-state index < -0.39 is 21.8 Å². The third-order valence-electron chi connectivity index (χ3n) is 4.86. The van der Waals surface area contributed by atoms with Crippen molar-refractivity contribution in [2.24, 2.45) is 4.99 Å². The van der Waals surface area contributed by atoms with Gasteiger partial charge in [-0.15, -0.1) is 6.42 Å². The standard InChI is InChI=1S/C21H20N6O4S/c1-3-17(13-5-4-6-16(9-13)32(2,30)31)24-19-14(10-18-20(28)26-21(29)25-18)11-23-27(19)12-22-15-7-8-15/h1,4-6,9-11,15,22H,7-8,12H2,2H3,(H2,25,26,28,29)/b18-10-,24-17?. The van der Waals surface area contributed by atoms with Crippen LogP contribution >= 0.6 is 0 Å². The fourth-order valence-corrected chi connectivity index (χ4v) is 3.70. The molecule has 4 rings (SSSR count). The van der Waals surface area contributed by atoms with E-state index in [2.05, 4.69) is 32.0 Å². The lowest BCUT2D eigenvalue weighted by Crippen LogP contribution is -2.22. The van der Waals surface area contributed by atoms with Crippen LogP contribution in [-0.2, 0) is 21.3 Å². The second kappa shape index (κ2) is 8.41. The average molecular weight is 452 g/mol. The van der Waals surface area contributed by atoms with Crippen molar-refractivity contribution in [3.8, 4) is 12.3 Å². The smallest absolute Gasteiger partial charge is 0.303 e. The van der Waals surface area contributed by atoms with Gasteiger partial charge in [0.15, 0.2) is 15.7 Å². The minimum absolute atomic E-state index is 0.0579. The van der Waals surface area contributed by atoms with Crippen LogP contribution in [0, 0.1) is 12.3 Å². The van der Waals surface area contributed by atoms with E-state index in [1.165, 1.54) is 24.4 Å². The molecule has 2 heterocycles. The zero-order valence-corrected chi connectivity index (χ0v) is 17.9. The molecule has 1 aliphatic heterocycles. The fraction of sp³-hybridized carbons (Fsp3) is 0.238. The Hall–Kier alpha value is -3.75. The Kier molecular flexibility index (Phi) is 5.65. The van der Waals surface area contributed by atoms with Crippen molar-refractivity contribution in [3.05, 3.63) is 47.3 Å². The van der Waals surface area contributed by atoms with Crippen LogP contribution < -0.4 is 16.0 Å². The highest BCUT2D eigenvalue weighted by atomic mass is 32.2. The number of terminal acetylenes is 1. The first-order valence-electron chi connectivity index (χ1n) is 9.73. The van der Waals surface area contributed by atoms with E-state index in [-0.39, 0.29) is 16.3 Å². The third-order valence-corrected chi connectivity index (χ3v) is 5.97. The number of urea groups is 1. The summed E-state index contributed by atoms with van der Waals surface area (Å²) in [5.41, 5.74) is 1.16. The summed E-state index contributed by atoms with van der Waals surface area (Å²) in [7, 11) is -3.43. The molecule has 32 heavy (non-hydrogen) atoms. The lowest BCUT2D eigenvalue weighted by Gasteiger charge is -2.08. The van der Waals surface area contributed by atoms with Crippen LogP contribution in [0.3, 0.4) is 0 Å². The predicted molar refractivity (Wildman–Crippen MR) is 118 cm³/mol. The molecular formula is C21H20N6O4S. The van der Waals surface area contributed by atoms with Gasteiger partial charge in [-0.3, -0.25) is 15.4 Å². The fourth-order valence-electron chi connectivity index (χ4n) is 3.03. The highest BCUT2D eigenvalue weighted by Gasteiger charge is 2.25. The maximum atomic E-state index is 11.9. The molecule has 164 valence electrons. The zero-order valence-electron chi connectivity index (χ0n) is 17.1. The summed E-state index contributed by atoms with van der Waals surface area (Å²) >= 11 is 0. The predicted octanol–water partition coefficient (Wildman–Crippen LogP) is 0.930. The first-order valence-corrected chi connectivity index (χ1v) is 11.6. The van der Waals surface area contributed by atoms with Gasteiger partial charge in [-0.05, 0) is 37.0 Å². The molecule has 11 heteroatoms. The molecule has 2 aromatic rings. The van der Waals surface area contributed by atoms with Crippen molar-refractivity contribution in [2.45, 2.75) is 30.4 Å². The summed E-state index contributed by atoms with van der Waals surface area (Å²) < 4.78 is 25.5. The second-order valence-electron chi connectivity index (χ2n) is 7.43. The maximum absolute atomic E-state index is 11.9. The molecule has 0 bridgehead atoms. The molecule has 1 aromatic carbocycles. The molecule has 1 saturated carbocycles. The Labute approximate surface area is 184 Å². The normalized spacial score (nSPS) is 17.9. The number of aliphatic imine (C=N–C) groups is 1. The monoisotopic (exact) mass is 452 g/mol. The Bertz CT molecular complexity index is 1310. The Morgan fingerprint density at radius 3 is 2.78 bits per heavy atom. The number of hydrogen-bond acceptors (Lipinski definition) is 7. The lowest BCUT2D eigenvalue weighted by molar-refractivity contribution is -0.115. The summed E-state index contributed by atoms with van der Waals surface area (Å²) in [6.07, 6.45) is 12.0. The molecule has 10 nitrogen and oxygen atoms in total. The van der Waals surface area contributed by atoms with Gasteiger partial charge in [0.05, 0.1) is 17.8 Å². The van der Waals surface area contributed by atoms with Crippen LogP contribution in [0.2, 0.25) is 0 Å². The number of amides is 3. The number of aromatic nitrogens is 2. The highest BCUT2D eigenvalue weighted by Crippen LogP contribution is 2.25. The first kappa shape index (κ1) is 21.5. The number of rotatable bonds is 7. The average Bonchev–Trinajstić information content (AvgIpc) is 3.42. The van der Waals surface area contributed by atoms with Crippen LogP contribution in [0.1, 0.15) is 24.0 Å². The van der Waals surface area contributed by atoms with Gasteiger partial charge in [0.2, 0.25) is 0 Å². The molecule has 1 aliphatic carbocycles. The largest absolute Gasteiger partial charge is 0.326 e. The van der Waals surface area contributed by atoms with Crippen molar-refractivity contribution in [2.75, 3.05) is 6.26 Å². The molecular weight excluding hydrogens is 432 g/mol. The summed E-state index contributed by atoms with van der Waals surface area (Å²) in [6, 6.07) is 5.99. The summed E-state index contributed by atoms with van der Waals surface area (Å²) in [6.45, 7) is 0.368. The number of imide groups is 1. The van der Waals surface area contributed by atoms with E-state index in [0.29, 0.717) is 29.7 Å². The van der Waals surface area contributed by atoms with Gasteiger partial charge < -0.3 is 5.32 Å². The van der Waals surface area contributed by atoms with E-state index in [1.54, 1.807) is 16.8 Å². The third kappa shape index (κ3) is 4.77.